The number of benzene rings is 2. The van der Waals surface area contributed by atoms with Gasteiger partial charge in [0, 0.05) is 21.9 Å². The summed E-state index contributed by atoms with van der Waals surface area (Å²) in [6.45, 7) is 1.79. The first-order valence-electron chi connectivity index (χ1n) is 5.63. The van der Waals surface area contributed by atoms with Crippen LogP contribution in [0.25, 0.3) is 0 Å². The number of phenolic OH excluding ortho intramolecular Hbond substituents is 1. The van der Waals surface area contributed by atoms with Crippen LogP contribution in [0.2, 0.25) is 0 Å². The van der Waals surface area contributed by atoms with Crippen molar-refractivity contribution in [3.63, 3.8) is 0 Å². The van der Waals surface area contributed by atoms with Gasteiger partial charge in [0.1, 0.15) is 5.75 Å². The highest BCUT2D eigenvalue weighted by Crippen LogP contribution is 2.24. The van der Waals surface area contributed by atoms with Crippen LogP contribution in [-0.4, -0.2) is 11.0 Å². The van der Waals surface area contributed by atoms with Crippen LogP contribution in [0.15, 0.2) is 40.9 Å². The van der Waals surface area contributed by atoms with Gasteiger partial charge in [0.15, 0.2) is 0 Å². The van der Waals surface area contributed by atoms with Gasteiger partial charge < -0.3 is 16.2 Å². The first kappa shape index (κ1) is 13.4. The molecule has 0 bridgehead atoms. The number of nitrogens with two attached hydrogens (primary N) is 1. The predicted molar refractivity (Wildman–Crippen MR) is 79.4 cm³/mol. The van der Waals surface area contributed by atoms with Gasteiger partial charge in [-0.3, -0.25) is 4.79 Å². The molecule has 2 aromatic rings. The molecule has 0 aliphatic carbocycles. The minimum atomic E-state index is -0.289. The fraction of sp³-hybridized carbons (Fsp3) is 0.0714. The SMILES string of the molecule is Cc1ccc(NC(=O)c2cc(N)ccc2Br)cc1O. The van der Waals surface area contributed by atoms with E-state index in [1.807, 2.05) is 0 Å². The topological polar surface area (TPSA) is 75.4 Å². The van der Waals surface area contributed by atoms with Gasteiger partial charge in [0.25, 0.3) is 5.91 Å². The van der Waals surface area contributed by atoms with E-state index in [1.165, 1.54) is 6.07 Å². The van der Waals surface area contributed by atoms with Gasteiger partial charge in [-0.1, -0.05) is 6.07 Å². The van der Waals surface area contributed by atoms with Crippen LogP contribution < -0.4 is 11.1 Å². The molecular formula is C14H13BrN2O2. The van der Waals surface area contributed by atoms with Crippen LogP contribution in [0.4, 0.5) is 11.4 Å². The normalized spacial score (nSPS) is 10.2. The minimum absolute atomic E-state index is 0.143. The molecule has 0 unspecified atom stereocenters. The molecule has 4 N–H and O–H groups in total. The molecule has 0 aliphatic heterocycles. The Balaban J connectivity index is 2.25. The molecule has 0 spiro atoms. The number of nitrogen functional groups attached to an aromatic ring is 1. The maximum Gasteiger partial charge on any atom is 0.256 e. The molecule has 5 heteroatoms. The summed E-state index contributed by atoms with van der Waals surface area (Å²) in [6.07, 6.45) is 0. The standard InChI is InChI=1S/C14H13BrN2O2/c1-8-2-4-10(7-13(8)18)17-14(19)11-6-9(16)3-5-12(11)15/h2-7,18H,16H2,1H3,(H,17,19). The molecule has 0 aliphatic rings. The van der Waals surface area contributed by atoms with Crippen molar-refractivity contribution in [2.75, 3.05) is 11.1 Å². The predicted octanol–water partition coefficient (Wildman–Crippen LogP) is 3.30. The van der Waals surface area contributed by atoms with Crippen molar-refractivity contribution in [1.29, 1.82) is 0 Å². The number of carbonyl (C=O) groups excluding carboxylic acids is 1. The molecule has 4 nitrogen and oxygen atoms in total. The Morgan fingerprint density at radius 1 is 1.26 bits per heavy atom. The Morgan fingerprint density at radius 2 is 2.00 bits per heavy atom. The van der Waals surface area contributed by atoms with Gasteiger partial charge in [0.05, 0.1) is 5.56 Å². The summed E-state index contributed by atoms with van der Waals surface area (Å²) in [4.78, 5) is 12.1. The Bertz CT molecular complexity index is 641. The summed E-state index contributed by atoms with van der Waals surface area (Å²) >= 11 is 3.30. The maximum absolute atomic E-state index is 12.1. The molecule has 0 radical (unpaired) electrons. The fourth-order valence-electron chi connectivity index (χ4n) is 1.60. The van der Waals surface area contributed by atoms with Crippen LogP contribution in [0, 0.1) is 6.92 Å². The molecule has 0 saturated carbocycles. The average Bonchev–Trinajstić information content (AvgIpc) is 2.36. The summed E-state index contributed by atoms with van der Waals surface area (Å²) in [6, 6.07) is 9.99. The highest BCUT2D eigenvalue weighted by atomic mass is 79.9. The molecule has 0 saturated heterocycles. The molecule has 0 heterocycles. The Kier molecular flexibility index (Phi) is 3.76. The zero-order chi connectivity index (χ0) is 14.0. The van der Waals surface area contributed by atoms with Crippen LogP contribution in [0.1, 0.15) is 15.9 Å². The minimum Gasteiger partial charge on any atom is -0.508 e. The van der Waals surface area contributed by atoms with E-state index in [2.05, 4.69) is 21.2 Å². The zero-order valence-electron chi connectivity index (χ0n) is 10.3. The second-order valence-electron chi connectivity index (χ2n) is 4.19. The molecule has 98 valence electrons. The number of rotatable bonds is 2. The highest BCUT2D eigenvalue weighted by Gasteiger charge is 2.11. The molecule has 19 heavy (non-hydrogen) atoms. The van der Waals surface area contributed by atoms with E-state index in [-0.39, 0.29) is 11.7 Å². The van der Waals surface area contributed by atoms with Crippen molar-refractivity contribution in [2.45, 2.75) is 6.92 Å². The number of aryl methyl sites for hydroxylation is 1. The third-order valence-electron chi connectivity index (χ3n) is 2.70. The number of carbonyl (C=O) groups is 1. The van der Waals surface area contributed by atoms with Gasteiger partial charge in [-0.15, -0.1) is 0 Å². The lowest BCUT2D eigenvalue weighted by molar-refractivity contribution is 0.102. The molecule has 1 amide bonds. The summed E-state index contributed by atoms with van der Waals surface area (Å²) < 4.78 is 0.663. The van der Waals surface area contributed by atoms with Gasteiger partial charge in [-0.25, -0.2) is 0 Å². The lowest BCUT2D eigenvalue weighted by atomic mass is 10.1. The van der Waals surface area contributed by atoms with Gasteiger partial charge in [0.2, 0.25) is 0 Å². The van der Waals surface area contributed by atoms with Crippen LogP contribution in [0.3, 0.4) is 0 Å². The number of halogens is 1. The molecule has 2 rings (SSSR count). The number of hydrogen-bond donors (Lipinski definition) is 3. The molecule has 2 aromatic carbocycles. The summed E-state index contributed by atoms with van der Waals surface area (Å²) in [5, 5.41) is 12.3. The van der Waals surface area contributed by atoms with E-state index < -0.39 is 0 Å². The van der Waals surface area contributed by atoms with E-state index in [4.69, 9.17) is 5.73 Å². The molecule has 0 fully saturated rings. The maximum atomic E-state index is 12.1. The largest absolute Gasteiger partial charge is 0.508 e. The van der Waals surface area contributed by atoms with E-state index >= 15 is 0 Å². The smallest absolute Gasteiger partial charge is 0.256 e. The number of hydrogen-bond acceptors (Lipinski definition) is 3. The van der Waals surface area contributed by atoms with E-state index in [0.717, 1.165) is 5.56 Å². The number of anilines is 2. The molecular weight excluding hydrogens is 308 g/mol. The number of nitrogens with one attached hydrogen (secondary N) is 1. The second-order valence-corrected chi connectivity index (χ2v) is 5.05. The second kappa shape index (κ2) is 5.32. The van der Waals surface area contributed by atoms with Gasteiger partial charge in [-0.05, 0) is 52.7 Å². The number of phenols is 1. The highest BCUT2D eigenvalue weighted by molar-refractivity contribution is 9.10. The Morgan fingerprint density at radius 3 is 2.68 bits per heavy atom. The summed E-state index contributed by atoms with van der Waals surface area (Å²) in [7, 11) is 0. The van der Waals surface area contributed by atoms with Crippen LogP contribution >= 0.6 is 15.9 Å². The van der Waals surface area contributed by atoms with E-state index in [1.54, 1.807) is 37.3 Å². The quantitative estimate of drug-likeness (QED) is 0.743. The molecule has 0 atom stereocenters. The first-order valence-corrected chi connectivity index (χ1v) is 6.42. The number of amides is 1. The number of aromatic hydroxyl groups is 1. The monoisotopic (exact) mass is 320 g/mol. The lowest BCUT2D eigenvalue weighted by Gasteiger charge is -2.09. The van der Waals surface area contributed by atoms with Crippen molar-refractivity contribution in [1.82, 2.24) is 0 Å². The van der Waals surface area contributed by atoms with Crippen molar-refractivity contribution in [2.24, 2.45) is 0 Å². The van der Waals surface area contributed by atoms with Crippen LogP contribution in [0.5, 0.6) is 5.75 Å². The van der Waals surface area contributed by atoms with E-state index in [0.29, 0.717) is 21.4 Å². The van der Waals surface area contributed by atoms with Crippen LogP contribution in [-0.2, 0) is 0 Å². The summed E-state index contributed by atoms with van der Waals surface area (Å²) in [5.41, 5.74) is 7.90. The van der Waals surface area contributed by atoms with Crippen molar-refractivity contribution in [3.8, 4) is 5.75 Å². The van der Waals surface area contributed by atoms with Gasteiger partial charge in [-0.2, -0.15) is 0 Å². The summed E-state index contributed by atoms with van der Waals surface area (Å²) in [5.74, 6) is -0.146. The Hall–Kier alpha value is -2.01. The van der Waals surface area contributed by atoms with E-state index in [9.17, 15) is 9.90 Å². The average molecular weight is 321 g/mol. The van der Waals surface area contributed by atoms with Crippen molar-refractivity contribution in [3.05, 3.63) is 52.0 Å². The lowest BCUT2D eigenvalue weighted by Crippen LogP contribution is -2.13. The first-order chi connectivity index (χ1) is 8.97. The molecule has 0 aromatic heterocycles. The zero-order valence-corrected chi connectivity index (χ0v) is 11.9. The Labute approximate surface area is 119 Å². The van der Waals surface area contributed by atoms with Gasteiger partial charge >= 0.3 is 0 Å². The third kappa shape index (κ3) is 3.06. The fourth-order valence-corrected chi connectivity index (χ4v) is 2.03. The van der Waals surface area contributed by atoms with Crippen molar-refractivity contribution >= 4 is 33.2 Å². The van der Waals surface area contributed by atoms with Crippen molar-refractivity contribution < 1.29 is 9.90 Å². The third-order valence-corrected chi connectivity index (χ3v) is 3.39.